The van der Waals surface area contributed by atoms with E-state index in [0.717, 1.165) is 64.8 Å². The van der Waals surface area contributed by atoms with E-state index in [1.165, 1.54) is 0 Å². The molecule has 6 rings (SSSR count). The van der Waals surface area contributed by atoms with E-state index in [2.05, 4.69) is 38.7 Å². The molecule has 3 aromatic heterocycles. The van der Waals surface area contributed by atoms with E-state index in [9.17, 15) is 9.90 Å². The molecule has 1 aliphatic rings. The molecule has 1 saturated heterocycles. The van der Waals surface area contributed by atoms with Crippen molar-refractivity contribution >= 4 is 27.8 Å². The second-order valence-electron chi connectivity index (χ2n) is 10.5. The molecule has 41 heavy (non-hydrogen) atoms. The van der Waals surface area contributed by atoms with Gasteiger partial charge in [0.15, 0.2) is 0 Å². The van der Waals surface area contributed by atoms with Gasteiger partial charge in [-0.1, -0.05) is 18.2 Å². The van der Waals surface area contributed by atoms with Crippen molar-refractivity contribution in [3.63, 3.8) is 0 Å². The number of methoxy groups -OCH3 is 1. The topological polar surface area (TPSA) is 103 Å². The molecule has 1 fully saturated rings. The SMILES string of the molecule is COCCn1c(CN2CCC(c3cccc(OCc4ccc5cnccc5c4)n3)CC2)nc2ccc(C(=O)O)cc21. The minimum absolute atomic E-state index is 0.261. The van der Waals surface area contributed by atoms with Gasteiger partial charge >= 0.3 is 5.97 Å². The standard InChI is InChI=1S/C32H33N5O4/c1-40-16-15-37-29-18-25(32(38)39)7-8-28(29)34-30(37)20-36-13-10-23(11-14-36)27-3-2-4-31(35-27)41-21-22-5-6-26-19-33-12-9-24(26)17-22/h2-9,12,17-19,23H,10-11,13-16,20-21H2,1H3,(H,38,39). The lowest BCUT2D eigenvalue weighted by atomic mass is 9.93. The number of nitrogens with zero attached hydrogens (tertiary/aromatic N) is 5. The summed E-state index contributed by atoms with van der Waals surface area (Å²) in [5.74, 6) is 1.00. The quantitative estimate of drug-likeness (QED) is 0.250. The van der Waals surface area contributed by atoms with Crippen LogP contribution in [0.4, 0.5) is 0 Å². The molecule has 210 valence electrons. The Bertz CT molecular complexity index is 1680. The molecule has 9 nitrogen and oxygen atoms in total. The highest BCUT2D eigenvalue weighted by Crippen LogP contribution is 2.29. The van der Waals surface area contributed by atoms with Crippen molar-refractivity contribution in [3.8, 4) is 5.88 Å². The highest BCUT2D eigenvalue weighted by Gasteiger charge is 2.24. The van der Waals surface area contributed by atoms with E-state index in [4.69, 9.17) is 19.4 Å². The van der Waals surface area contributed by atoms with Gasteiger partial charge < -0.3 is 19.1 Å². The van der Waals surface area contributed by atoms with Gasteiger partial charge in [-0.15, -0.1) is 0 Å². The summed E-state index contributed by atoms with van der Waals surface area (Å²) in [5.41, 5.74) is 4.06. The minimum Gasteiger partial charge on any atom is -0.478 e. The van der Waals surface area contributed by atoms with Gasteiger partial charge in [0.2, 0.25) is 5.88 Å². The van der Waals surface area contributed by atoms with E-state index >= 15 is 0 Å². The van der Waals surface area contributed by atoms with Crippen LogP contribution in [-0.2, 0) is 24.4 Å². The zero-order valence-electron chi connectivity index (χ0n) is 23.1. The summed E-state index contributed by atoms with van der Waals surface area (Å²) in [5, 5.41) is 11.7. The largest absolute Gasteiger partial charge is 0.478 e. The van der Waals surface area contributed by atoms with Gasteiger partial charge in [-0.05, 0) is 73.3 Å². The number of aromatic nitrogens is 4. The monoisotopic (exact) mass is 551 g/mol. The number of ether oxygens (including phenoxy) is 2. The van der Waals surface area contributed by atoms with Gasteiger partial charge in [0.1, 0.15) is 12.4 Å². The Morgan fingerprint density at radius 2 is 1.90 bits per heavy atom. The molecule has 0 radical (unpaired) electrons. The Hall–Kier alpha value is -4.34. The van der Waals surface area contributed by atoms with Crippen LogP contribution in [-0.4, -0.2) is 62.3 Å². The van der Waals surface area contributed by atoms with Crippen LogP contribution in [0.1, 0.15) is 46.2 Å². The molecule has 0 saturated carbocycles. The lowest BCUT2D eigenvalue weighted by Gasteiger charge is -2.31. The lowest BCUT2D eigenvalue weighted by molar-refractivity contribution is 0.0697. The highest BCUT2D eigenvalue weighted by atomic mass is 16.5. The molecule has 2 aromatic carbocycles. The van der Waals surface area contributed by atoms with Crippen molar-refractivity contribution in [1.82, 2.24) is 24.4 Å². The van der Waals surface area contributed by atoms with Crippen molar-refractivity contribution in [2.75, 3.05) is 26.8 Å². The first-order valence-electron chi connectivity index (χ1n) is 13.9. The number of benzene rings is 2. The molecule has 1 aliphatic heterocycles. The number of carbonyl (C=O) groups is 1. The zero-order valence-corrected chi connectivity index (χ0v) is 23.1. The van der Waals surface area contributed by atoms with Gasteiger partial charge in [-0.3, -0.25) is 9.88 Å². The van der Waals surface area contributed by atoms with Gasteiger partial charge in [0.25, 0.3) is 0 Å². The average Bonchev–Trinajstić information content (AvgIpc) is 3.35. The maximum absolute atomic E-state index is 11.5. The van der Waals surface area contributed by atoms with E-state index in [0.29, 0.717) is 38.1 Å². The first-order valence-corrected chi connectivity index (χ1v) is 13.9. The summed E-state index contributed by atoms with van der Waals surface area (Å²) in [7, 11) is 1.67. The predicted molar refractivity (Wildman–Crippen MR) is 156 cm³/mol. The number of hydrogen-bond donors (Lipinski definition) is 1. The number of fused-ring (bicyclic) bond motifs is 2. The molecule has 0 bridgehead atoms. The maximum Gasteiger partial charge on any atom is 0.335 e. The highest BCUT2D eigenvalue weighted by molar-refractivity contribution is 5.92. The van der Waals surface area contributed by atoms with Crippen molar-refractivity contribution in [2.45, 2.75) is 38.5 Å². The number of aromatic carboxylic acids is 1. The third-order valence-electron chi connectivity index (χ3n) is 7.80. The van der Waals surface area contributed by atoms with Crippen molar-refractivity contribution in [1.29, 1.82) is 0 Å². The zero-order chi connectivity index (χ0) is 28.2. The molecular formula is C32H33N5O4. The minimum atomic E-state index is -0.940. The molecule has 0 unspecified atom stereocenters. The number of carboxylic acid groups (broad SMARTS) is 1. The third-order valence-corrected chi connectivity index (χ3v) is 7.80. The molecule has 0 spiro atoms. The van der Waals surface area contributed by atoms with Crippen LogP contribution in [0.3, 0.4) is 0 Å². The maximum atomic E-state index is 11.5. The molecule has 0 atom stereocenters. The predicted octanol–water partition coefficient (Wildman–Crippen LogP) is 5.28. The van der Waals surface area contributed by atoms with Crippen molar-refractivity contribution in [2.24, 2.45) is 0 Å². The number of piperidine rings is 1. The van der Waals surface area contributed by atoms with Crippen LogP contribution in [0.25, 0.3) is 21.8 Å². The van der Waals surface area contributed by atoms with E-state index < -0.39 is 5.97 Å². The van der Waals surface area contributed by atoms with Gasteiger partial charge in [-0.2, -0.15) is 0 Å². The molecule has 0 aliphatic carbocycles. The number of rotatable bonds is 10. The second kappa shape index (κ2) is 12.0. The fourth-order valence-electron chi connectivity index (χ4n) is 5.56. The van der Waals surface area contributed by atoms with Gasteiger partial charge in [-0.25, -0.2) is 14.8 Å². The van der Waals surface area contributed by atoms with Crippen LogP contribution in [0.15, 0.2) is 73.1 Å². The van der Waals surface area contributed by atoms with Crippen molar-refractivity contribution < 1.29 is 19.4 Å². The summed E-state index contributed by atoms with van der Waals surface area (Å²) in [6.45, 7) is 4.17. The van der Waals surface area contributed by atoms with Crippen molar-refractivity contribution in [3.05, 3.63) is 95.7 Å². The first-order chi connectivity index (χ1) is 20.1. The Kier molecular flexibility index (Phi) is 7.89. The first kappa shape index (κ1) is 26.9. The molecule has 1 N–H and O–H groups in total. The Labute approximate surface area is 238 Å². The van der Waals surface area contributed by atoms with Gasteiger partial charge in [0, 0.05) is 49.1 Å². The number of likely N-dealkylation sites (tertiary alicyclic amines) is 1. The molecule has 9 heteroatoms. The second-order valence-corrected chi connectivity index (χ2v) is 10.5. The number of hydrogen-bond acceptors (Lipinski definition) is 7. The Morgan fingerprint density at radius 3 is 2.73 bits per heavy atom. The Morgan fingerprint density at radius 1 is 1.02 bits per heavy atom. The van der Waals surface area contributed by atoms with E-state index in [1.807, 2.05) is 24.4 Å². The van der Waals surface area contributed by atoms with Crippen LogP contribution >= 0.6 is 0 Å². The number of imidazole rings is 1. The summed E-state index contributed by atoms with van der Waals surface area (Å²) in [6.07, 6.45) is 5.66. The summed E-state index contributed by atoms with van der Waals surface area (Å²) in [4.78, 5) is 27.8. The smallest absolute Gasteiger partial charge is 0.335 e. The lowest BCUT2D eigenvalue weighted by Crippen LogP contribution is -2.33. The van der Waals surface area contributed by atoms with Crippen LogP contribution in [0.5, 0.6) is 5.88 Å². The van der Waals surface area contributed by atoms with Crippen LogP contribution in [0, 0.1) is 0 Å². The normalized spacial score (nSPS) is 14.6. The molecule has 4 heterocycles. The molecule has 5 aromatic rings. The van der Waals surface area contributed by atoms with Crippen LogP contribution in [0.2, 0.25) is 0 Å². The fraction of sp³-hybridized carbons (Fsp3) is 0.312. The summed E-state index contributed by atoms with van der Waals surface area (Å²) < 4.78 is 13.5. The van der Waals surface area contributed by atoms with E-state index in [-0.39, 0.29) is 5.56 Å². The number of pyridine rings is 2. The van der Waals surface area contributed by atoms with Crippen LogP contribution < -0.4 is 4.74 Å². The number of carboxylic acids is 1. The molecule has 0 amide bonds. The fourth-order valence-corrected chi connectivity index (χ4v) is 5.56. The summed E-state index contributed by atoms with van der Waals surface area (Å²) in [6, 6.07) is 19.4. The van der Waals surface area contributed by atoms with Gasteiger partial charge in [0.05, 0.1) is 29.7 Å². The average molecular weight is 552 g/mol. The summed E-state index contributed by atoms with van der Waals surface area (Å²) >= 11 is 0. The third kappa shape index (κ3) is 6.06. The Balaban J connectivity index is 1.09. The molecular weight excluding hydrogens is 518 g/mol. The van der Waals surface area contributed by atoms with E-state index in [1.54, 1.807) is 31.5 Å².